The summed E-state index contributed by atoms with van der Waals surface area (Å²) in [6.07, 6.45) is 13.0. The van der Waals surface area contributed by atoms with E-state index in [2.05, 4.69) is 115 Å². The Morgan fingerprint density at radius 1 is 0.735 bits per heavy atom. The number of allylic oxidation sites excluding steroid dienone is 2. The van der Waals surface area contributed by atoms with E-state index in [1.54, 1.807) is 11.1 Å². The van der Waals surface area contributed by atoms with Gasteiger partial charge >= 0.3 is 221 Å². The number of rotatable bonds is 8. The van der Waals surface area contributed by atoms with E-state index in [9.17, 15) is 0 Å². The molecule has 0 N–H and O–H groups in total. The van der Waals surface area contributed by atoms with Crippen LogP contribution in [0, 0.1) is 25.9 Å². The van der Waals surface area contributed by atoms with Gasteiger partial charge in [0.15, 0.2) is 0 Å². The number of fused-ring (bicyclic) bond motifs is 2. The topological polar surface area (TPSA) is 0 Å². The van der Waals surface area contributed by atoms with Gasteiger partial charge in [0.25, 0.3) is 0 Å². The molecule has 0 aliphatic heterocycles. The van der Waals surface area contributed by atoms with Crippen LogP contribution >= 0.6 is 0 Å². The van der Waals surface area contributed by atoms with E-state index in [1.807, 2.05) is 5.16 Å². The molecule has 2 aromatic rings. The third-order valence-corrected chi connectivity index (χ3v) is 23.4. The molecule has 2 atom stereocenters. The first-order valence-corrected chi connectivity index (χ1v) is 23.7. The molecule has 0 saturated carbocycles. The molecule has 4 rings (SSSR count). The summed E-state index contributed by atoms with van der Waals surface area (Å²) >= 11 is -1.84. The molecular formula is C31H44ScSi2. The van der Waals surface area contributed by atoms with Gasteiger partial charge in [-0.2, -0.15) is 0 Å². The van der Waals surface area contributed by atoms with Gasteiger partial charge in [-0.1, -0.05) is 0 Å². The summed E-state index contributed by atoms with van der Waals surface area (Å²) in [4.78, 5) is 0. The molecule has 3 heteroatoms. The van der Waals surface area contributed by atoms with E-state index >= 15 is 0 Å². The van der Waals surface area contributed by atoms with Gasteiger partial charge in [-0.05, 0) is 0 Å². The molecule has 2 aliphatic carbocycles. The molecule has 179 valence electrons. The van der Waals surface area contributed by atoms with Crippen molar-refractivity contribution in [1.82, 2.24) is 0 Å². The Morgan fingerprint density at radius 3 is 2.00 bits per heavy atom. The van der Waals surface area contributed by atoms with Gasteiger partial charge in [-0.25, -0.2) is 0 Å². The molecule has 0 spiro atoms. The molecule has 0 nitrogen and oxygen atoms in total. The zero-order valence-electron chi connectivity index (χ0n) is 23.0. The first-order valence-electron chi connectivity index (χ1n) is 13.3. The van der Waals surface area contributed by atoms with Crippen LogP contribution in [-0.2, 0) is 21.4 Å². The molecule has 34 heavy (non-hydrogen) atoms. The molecule has 0 fully saturated rings. The summed E-state index contributed by atoms with van der Waals surface area (Å²) < 4.78 is 2.88. The summed E-state index contributed by atoms with van der Waals surface area (Å²) in [6, 6.07) is 11.7. The van der Waals surface area contributed by atoms with Crippen molar-refractivity contribution in [2.24, 2.45) is 0 Å². The number of benzene rings is 2. The first-order chi connectivity index (χ1) is 15.9. The second-order valence-corrected chi connectivity index (χ2v) is 28.8. The van der Waals surface area contributed by atoms with Crippen molar-refractivity contribution < 1.29 is 21.4 Å². The fraction of sp³-hybridized carbons (Fsp3) is 0.452. The van der Waals surface area contributed by atoms with Crippen molar-refractivity contribution in [2.45, 2.75) is 84.4 Å². The Morgan fingerprint density at radius 2 is 1.32 bits per heavy atom. The summed E-state index contributed by atoms with van der Waals surface area (Å²) in [5, 5.41) is 2.01. The van der Waals surface area contributed by atoms with Crippen LogP contribution in [0.3, 0.4) is 0 Å². The molecule has 2 unspecified atom stereocenters. The van der Waals surface area contributed by atoms with Gasteiger partial charge in [0, 0.05) is 0 Å². The zero-order valence-corrected chi connectivity index (χ0v) is 26.9. The van der Waals surface area contributed by atoms with E-state index < -0.39 is 37.6 Å². The van der Waals surface area contributed by atoms with Crippen molar-refractivity contribution in [1.29, 1.82) is 0 Å². The van der Waals surface area contributed by atoms with Crippen molar-refractivity contribution >= 4 is 28.3 Å². The van der Waals surface area contributed by atoms with Crippen molar-refractivity contribution in [3.8, 4) is 0 Å². The standard InChI is InChI=1S/C11H11.C10H24Si2.C10H9.Sc/c1-8-6-7-9(2)11-5-3-4-10(8)11;1-8-9-10(11(2,3)4)12(5,6)7;1-8-4-2-5-9-6-3-7-10(8)9;/h3-7H,1-2H3;1,8-9H2,2-7H3;2-7H,1H3;. The van der Waals surface area contributed by atoms with E-state index in [4.69, 9.17) is 0 Å². The normalized spacial score (nSPS) is 19.1. The summed E-state index contributed by atoms with van der Waals surface area (Å²) in [5.74, 6) is 0. The minimum absolute atomic E-state index is 0.699. The maximum atomic E-state index is 2.62. The summed E-state index contributed by atoms with van der Waals surface area (Å²) in [7, 11) is -2.45. The Bertz CT molecular complexity index is 1100. The Labute approximate surface area is 219 Å². The van der Waals surface area contributed by atoms with E-state index in [1.165, 1.54) is 44.8 Å². The van der Waals surface area contributed by atoms with Crippen LogP contribution in [0.15, 0.2) is 42.5 Å². The van der Waals surface area contributed by atoms with Crippen molar-refractivity contribution in [2.75, 3.05) is 0 Å². The average Bonchev–Trinajstić information content (AvgIpc) is 3.35. The molecule has 0 aromatic heterocycles. The molecule has 0 saturated heterocycles. The monoisotopic (exact) mass is 517 g/mol. The second kappa shape index (κ2) is 9.94. The van der Waals surface area contributed by atoms with E-state index in [0.29, 0.717) is 7.35 Å². The SMILES string of the molecule is Cc1cccc2c1C=C[CH]2[Sc]([CH2]CC[C]([Si](C)(C)C)[Si](C)(C)C)[CH]1C=Cc2c(C)ccc(C)c21. The first kappa shape index (κ1) is 26.3. The zero-order chi connectivity index (χ0) is 24.8. The molecule has 2 aromatic carbocycles. The molecule has 0 amide bonds. The van der Waals surface area contributed by atoms with E-state index in [-0.39, 0.29) is 0 Å². The Kier molecular flexibility index (Phi) is 7.69. The van der Waals surface area contributed by atoms with Gasteiger partial charge < -0.3 is 0 Å². The van der Waals surface area contributed by atoms with Gasteiger partial charge in [-0.15, -0.1) is 0 Å². The third kappa shape index (κ3) is 5.18. The number of aryl methyl sites for hydroxylation is 3. The van der Waals surface area contributed by atoms with Gasteiger partial charge in [0.2, 0.25) is 0 Å². The minimum atomic E-state index is -1.84. The van der Waals surface area contributed by atoms with Gasteiger partial charge in [0.05, 0.1) is 0 Å². The summed E-state index contributed by atoms with van der Waals surface area (Å²) in [6.45, 7) is 22.4. The predicted octanol–water partition coefficient (Wildman–Crippen LogP) is 9.59. The van der Waals surface area contributed by atoms with Crippen LogP contribution in [0.1, 0.15) is 59.1 Å². The van der Waals surface area contributed by atoms with Crippen LogP contribution in [-0.4, -0.2) is 16.1 Å². The van der Waals surface area contributed by atoms with Gasteiger partial charge in [-0.3, -0.25) is 0 Å². The van der Waals surface area contributed by atoms with Crippen LogP contribution < -0.4 is 0 Å². The summed E-state index contributed by atoms with van der Waals surface area (Å²) in [5.41, 5.74) is 10.8. The number of hydrogen-bond donors (Lipinski definition) is 0. The fourth-order valence-corrected chi connectivity index (χ4v) is 24.5. The molecule has 0 bridgehead atoms. The Balaban J connectivity index is 1.67. The van der Waals surface area contributed by atoms with E-state index in [0.717, 1.165) is 0 Å². The average molecular weight is 518 g/mol. The number of hydrogen-bond acceptors (Lipinski definition) is 0. The molecular weight excluding hydrogens is 473 g/mol. The third-order valence-electron chi connectivity index (χ3n) is 8.41. The second-order valence-electron chi connectivity index (χ2n) is 12.9. The van der Waals surface area contributed by atoms with Crippen LogP contribution in [0.5, 0.6) is 0 Å². The van der Waals surface area contributed by atoms with Crippen LogP contribution in [0.25, 0.3) is 12.2 Å². The maximum absolute atomic E-state index is 2.62. The molecule has 1 radical (unpaired) electrons. The fourth-order valence-electron chi connectivity index (χ4n) is 7.04. The van der Waals surface area contributed by atoms with Gasteiger partial charge in [0.1, 0.15) is 0 Å². The van der Waals surface area contributed by atoms with Crippen molar-refractivity contribution in [3.05, 3.63) is 86.6 Å². The predicted molar refractivity (Wildman–Crippen MR) is 155 cm³/mol. The molecule has 2 aliphatic rings. The quantitative estimate of drug-likeness (QED) is 0.306. The Hall–Kier alpha value is -0.776. The molecule has 0 heterocycles. The van der Waals surface area contributed by atoms with Crippen LogP contribution in [0.2, 0.25) is 43.5 Å². The van der Waals surface area contributed by atoms with Crippen LogP contribution in [0.4, 0.5) is 0 Å². The van der Waals surface area contributed by atoms with Crippen molar-refractivity contribution in [3.63, 3.8) is 0 Å².